The van der Waals surface area contributed by atoms with Gasteiger partial charge in [0.25, 0.3) is 0 Å². The molecule has 0 aliphatic heterocycles. The molecule has 1 unspecified atom stereocenters. The number of aryl methyl sites for hydroxylation is 1. The predicted octanol–water partition coefficient (Wildman–Crippen LogP) is 4.75. The van der Waals surface area contributed by atoms with Crippen molar-refractivity contribution in [1.82, 2.24) is 0 Å². The number of rotatable bonds is 3. The fraction of sp³-hybridized carbons (Fsp3) is 0.562. The molecular formula is C16H19ClO3. The highest BCUT2D eigenvalue weighted by atomic mass is 35.5. The van der Waals surface area contributed by atoms with E-state index in [9.17, 15) is 4.79 Å². The largest absolute Gasteiger partial charge is 0.506 e. The molecule has 3 rings (SSSR count). The summed E-state index contributed by atoms with van der Waals surface area (Å²) in [6, 6.07) is 4.09. The molecule has 3 nitrogen and oxygen atoms in total. The lowest BCUT2D eigenvalue weighted by atomic mass is 9.95. The maximum Gasteiger partial charge on any atom is 0.506 e. The summed E-state index contributed by atoms with van der Waals surface area (Å²) in [6.07, 6.45) is 6.37. The maximum absolute atomic E-state index is 10.7. The molecule has 4 heteroatoms. The van der Waals surface area contributed by atoms with Gasteiger partial charge in [-0.15, -0.1) is 0 Å². The standard InChI is InChI=1S/C16H19ClO3/c17-14-9-13-11(5-6-15(13)20-16(18)19)8-12(14)7-10-3-1-2-4-10/h8-10,15H,1-7H2,(H,18,19). The highest BCUT2D eigenvalue weighted by molar-refractivity contribution is 6.31. The second-order valence-electron chi connectivity index (χ2n) is 5.91. The topological polar surface area (TPSA) is 46.5 Å². The molecule has 0 heterocycles. The van der Waals surface area contributed by atoms with Gasteiger partial charge in [0.05, 0.1) is 0 Å². The van der Waals surface area contributed by atoms with E-state index in [1.54, 1.807) is 0 Å². The Morgan fingerprint density at radius 3 is 2.75 bits per heavy atom. The molecule has 1 aromatic carbocycles. The molecule has 2 aliphatic rings. The zero-order chi connectivity index (χ0) is 14.1. The highest BCUT2D eigenvalue weighted by Gasteiger charge is 2.27. The van der Waals surface area contributed by atoms with E-state index in [2.05, 4.69) is 6.07 Å². The van der Waals surface area contributed by atoms with Crippen molar-refractivity contribution in [2.75, 3.05) is 0 Å². The number of ether oxygens (including phenoxy) is 1. The minimum absolute atomic E-state index is 0.347. The zero-order valence-electron chi connectivity index (χ0n) is 11.4. The Bertz CT molecular complexity index is 521. The van der Waals surface area contributed by atoms with Crippen LogP contribution in [0.5, 0.6) is 0 Å². The van der Waals surface area contributed by atoms with Crippen LogP contribution in [-0.2, 0) is 17.6 Å². The Balaban J connectivity index is 1.80. The van der Waals surface area contributed by atoms with Gasteiger partial charge in [-0.1, -0.05) is 43.4 Å². The summed E-state index contributed by atoms with van der Waals surface area (Å²) in [6.45, 7) is 0. The first-order valence-electron chi connectivity index (χ1n) is 7.34. The normalized spacial score (nSPS) is 21.9. The molecule has 2 aliphatic carbocycles. The second-order valence-corrected chi connectivity index (χ2v) is 6.32. The van der Waals surface area contributed by atoms with Gasteiger partial charge < -0.3 is 9.84 Å². The first-order chi connectivity index (χ1) is 9.63. The summed E-state index contributed by atoms with van der Waals surface area (Å²) in [5, 5.41) is 9.52. The van der Waals surface area contributed by atoms with Crippen molar-refractivity contribution >= 4 is 17.8 Å². The summed E-state index contributed by atoms with van der Waals surface area (Å²) in [5.41, 5.74) is 3.37. The van der Waals surface area contributed by atoms with Crippen molar-refractivity contribution in [3.8, 4) is 0 Å². The van der Waals surface area contributed by atoms with E-state index in [1.807, 2.05) is 6.07 Å². The van der Waals surface area contributed by atoms with Crippen molar-refractivity contribution in [3.63, 3.8) is 0 Å². The van der Waals surface area contributed by atoms with Crippen LogP contribution in [-0.4, -0.2) is 11.3 Å². The molecule has 0 aromatic heterocycles. The van der Waals surface area contributed by atoms with Crippen LogP contribution in [0, 0.1) is 5.92 Å². The van der Waals surface area contributed by atoms with Crippen LogP contribution in [0.1, 0.15) is 54.9 Å². The number of hydrogen-bond donors (Lipinski definition) is 1. The molecule has 1 fully saturated rings. The minimum atomic E-state index is -1.21. The Morgan fingerprint density at radius 1 is 1.30 bits per heavy atom. The van der Waals surface area contributed by atoms with Crippen molar-refractivity contribution in [2.45, 2.75) is 51.0 Å². The number of carboxylic acid groups (broad SMARTS) is 1. The number of fused-ring (bicyclic) bond motifs is 1. The highest BCUT2D eigenvalue weighted by Crippen LogP contribution is 2.39. The molecule has 1 aromatic rings. The van der Waals surface area contributed by atoms with Gasteiger partial charge in [0.15, 0.2) is 0 Å². The molecule has 0 amide bonds. The van der Waals surface area contributed by atoms with Gasteiger partial charge in [-0.3, -0.25) is 0 Å². The van der Waals surface area contributed by atoms with Gasteiger partial charge in [-0.2, -0.15) is 0 Å². The van der Waals surface area contributed by atoms with Crippen LogP contribution in [0.2, 0.25) is 5.02 Å². The molecule has 0 saturated heterocycles. The molecule has 1 N–H and O–H groups in total. The fourth-order valence-corrected chi connectivity index (χ4v) is 3.82. The lowest BCUT2D eigenvalue weighted by Gasteiger charge is -2.14. The average molecular weight is 295 g/mol. The Labute approximate surface area is 123 Å². The van der Waals surface area contributed by atoms with Crippen molar-refractivity contribution in [2.24, 2.45) is 5.92 Å². The number of hydrogen-bond acceptors (Lipinski definition) is 2. The third kappa shape index (κ3) is 2.78. The van der Waals surface area contributed by atoms with Crippen LogP contribution >= 0.6 is 11.6 Å². The summed E-state index contributed by atoms with van der Waals surface area (Å²) >= 11 is 6.39. The van der Waals surface area contributed by atoms with E-state index in [1.165, 1.54) is 36.8 Å². The van der Waals surface area contributed by atoms with E-state index in [0.717, 1.165) is 35.8 Å². The van der Waals surface area contributed by atoms with Crippen LogP contribution in [0.4, 0.5) is 4.79 Å². The van der Waals surface area contributed by atoms with Gasteiger partial charge in [-0.05, 0) is 47.9 Å². The predicted molar refractivity (Wildman–Crippen MR) is 77.3 cm³/mol. The van der Waals surface area contributed by atoms with Gasteiger partial charge in [0, 0.05) is 5.02 Å². The van der Waals surface area contributed by atoms with Gasteiger partial charge in [-0.25, -0.2) is 4.79 Å². The van der Waals surface area contributed by atoms with E-state index in [-0.39, 0.29) is 6.10 Å². The van der Waals surface area contributed by atoms with Crippen molar-refractivity contribution < 1.29 is 14.6 Å². The SMILES string of the molecule is O=C(O)OC1CCc2cc(CC3CCCC3)c(Cl)cc21. The average Bonchev–Trinajstić information content (AvgIpc) is 3.01. The van der Waals surface area contributed by atoms with E-state index >= 15 is 0 Å². The Kier molecular flexibility index (Phi) is 3.88. The zero-order valence-corrected chi connectivity index (χ0v) is 12.2. The van der Waals surface area contributed by atoms with Crippen LogP contribution in [0.15, 0.2) is 12.1 Å². The third-order valence-corrected chi connectivity index (χ3v) is 4.91. The second kappa shape index (κ2) is 5.65. The minimum Gasteiger partial charge on any atom is -0.450 e. The molecule has 20 heavy (non-hydrogen) atoms. The lowest BCUT2D eigenvalue weighted by molar-refractivity contribution is 0.0520. The van der Waals surface area contributed by atoms with Crippen molar-refractivity contribution in [1.29, 1.82) is 0 Å². The smallest absolute Gasteiger partial charge is 0.450 e. The van der Waals surface area contributed by atoms with Gasteiger partial charge in [0.2, 0.25) is 0 Å². The molecule has 1 atom stereocenters. The molecule has 0 radical (unpaired) electrons. The monoisotopic (exact) mass is 294 g/mol. The fourth-order valence-electron chi connectivity index (χ4n) is 3.57. The van der Waals surface area contributed by atoms with Gasteiger partial charge in [0.1, 0.15) is 6.10 Å². The molecule has 108 valence electrons. The van der Waals surface area contributed by atoms with E-state index < -0.39 is 6.16 Å². The molecule has 1 saturated carbocycles. The first-order valence-corrected chi connectivity index (χ1v) is 7.72. The summed E-state index contributed by atoms with van der Waals surface area (Å²) in [4.78, 5) is 10.7. The maximum atomic E-state index is 10.7. The quantitative estimate of drug-likeness (QED) is 0.818. The van der Waals surface area contributed by atoms with Crippen LogP contribution < -0.4 is 0 Å². The number of benzene rings is 1. The van der Waals surface area contributed by atoms with Crippen LogP contribution in [0.25, 0.3) is 0 Å². The summed E-state index contributed by atoms with van der Waals surface area (Å²) in [7, 11) is 0. The summed E-state index contributed by atoms with van der Waals surface area (Å²) < 4.78 is 4.92. The first kappa shape index (κ1) is 13.7. The van der Waals surface area contributed by atoms with E-state index in [4.69, 9.17) is 21.4 Å². The molecule has 0 bridgehead atoms. The molecule has 0 spiro atoms. The van der Waals surface area contributed by atoms with Crippen molar-refractivity contribution in [3.05, 3.63) is 33.8 Å². The summed E-state index contributed by atoms with van der Waals surface area (Å²) in [5.74, 6) is 0.762. The number of halogens is 1. The number of carbonyl (C=O) groups is 1. The molecular weight excluding hydrogens is 276 g/mol. The Hall–Kier alpha value is -1.22. The Morgan fingerprint density at radius 2 is 2.05 bits per heavy atom. The van der Waals surface area contributed by atoms with Crippen LogP contribution in [0.3, 0.4) is 0 Å². The van der Waals surface area contributed by atoms with Gasteiger partial charge >= 0.3 is 6.16 Å². The third-order valence-electron chi connectivity index (χ3n) is 4.56. The lowest BCUT2D eigenvalue weighted by Crippen LogP contribution is -2.06. The van der Waals surface area contributed by atoms with E-state index in [0.29, 0.717) is 0 Å².